The van der Waals surface area contributed by atoms with E-state index in [-0.39, 0.29) is 5.82 Å². The minimum absolute atomic E-state index is 0.288. The van der Waals surface area contributed by atoms with E-state index in [1.165, 1.54) is 6.07 Å². The minimum atomic E-state index is -0.288. The summed E-state index contributed by atoms with van der Waals surface area (Å²) in [5.41, 5.74) is 0.499. The van der Waals surface area contributed by atoms with Gasteiger partial charge in [0.1, 0.15) is 5.82 Å². The molecule has 0 bridgehead atoms. The molecule has 1 nitrogen and oxygen atoms in total. The molecule has 1 aromatic carbocycles. The highest BCUT2D eigenvalue weighted by atomic mass is 79.9. The van der Waals surface area contributed by atoms with Gasteiger partial charge in [-0.05, 0) is 12.1 Å². The van der Waals surface area contributed by atoms with Gasteiger partial charge in [-0.25, -0.2) is 4.39 Å². The number of rotatable bonds is 2. The normalized spacial score (nSPS) is 10.2. The summed E-state index contributed by atoms with van der Waals surface area (Å²) in [7, 11) is 0. The van der Waals surface area contributed by atoms with Gasteiger partial charge in [0.05, 0.1) is 12.5 Å². The maximum Gasteiger partial charge on any atom is 0.131 e. The summed E-state index contributed by atoms with van der Waals surface area (Å²) in [6, 6.07) is 6.76. The van der Waals surface area contributed by atoms with Crippen LogP contribution in [-0.2, 0) is 0 Å². The van der Waals surface area contributed by atoms with Crippen LogP contribution in [-0.4, -0.2) is 0 Å². The van der Waals surface area contributed by atoms with Crippen molar-refractivity contribution in [3.05, 3.63) is 40.1 Å². The predicted molar refractivity (Wildman–Crippen MR) is 53.4 cm³/mol. The number of hydrogen-bond acceptors (Lipinski definition) is 1. The van der Waals surface area contributed by atoms with Crippen molar-refractivity contribution in [1.82, 2.24) is 0 Å². The zero-order valence-corrected chi connectivity index (χ0v) is 8.38. The monoisotopic (exact) mass is 239 g/mol. The largest absolute Gasteiger partial charge is 0.206 e. The first-order chi connectivity index (χ1) is 6.24. The molecule has 0 aliphatic rings. The first-order valence-electron chi connectivity index (χ1n) is 3.72. The molecule has 0 unspecified atom stereocenters. The zero-order chi connectivity index (χ0) is 9.68. The molecular formula is C10H7BrFN. The second-order valence-electron chi connectivity index (χ2n) is 2.43. The fourth-order valence-electron chi connectivity index (χ4n) is 0.875. The third-order valence-corrected chi connectivity index (χ3v) is 1.96. The van der Waals surface area contributed by atoms with E-state index < -0.39 is 0 Å². The Morgan fingerprint density at radius 2 is 2.31 bits per heavy atom. The predicted octanol–water partition coefficient (Wildman–Crippen LogP) is 3.52. The van der Waals surface area contributed by atoms with E-state index in [0.29, 0.717) is 16.5 Å². The zero-order valence-electron chi connectivity index (χ0n) is 6.80. The van der Waals surface area contributed by atoms with Gasteiger partial charge in [-0.3, -0.25) is 0 Å². The average Bonchev–Trinajstić information content (AvgIpc) is 2.09. The fraction of sp³-hybridized carbons (Fsp3) is 0.100. The van der Waals surface area contributed by atoms with Gasteiger partial charge in [-0.1, -0.05) is 34.1 Å². The molecule has 0 radical (unpaired) electrons. The lowest BCUT2D eigenvalue weighted by Crippen LogP contribution is -1.80. The molecule has 0 heterocycles. The molecule has 13 heavy (non-hydrogen) atoms. The van der Waals surface area contributed by atoms with Crippen LogP contribution in [0.4, 0.5) is 4.39 Å². The summed E-state index contributed by atoms with van der Waals surface area (Å²) < 4.78 is 13.8. The summed E-state index contributed by atoms with van der Waals surface area (Å²) >= 11 is 3.16. The van der Waals surface area contributed by atoms with E-state index in [1.54, 1.807) is 24.3 Å². The van der Waals surface area contributed by atoms with Crippen LogP contribution in [0.3, 0.4) is 0 Å². The van der Waals surface area contributed by atoms with E-state index in [0.717, 1.165) is 0 Å². The van der Waals surface area contributed by atoms with Gasteiger partial charge in [0.25, 0.3) is 0 Å². The average molecular weight is 240 g/mol. The van der Waals surface area contributed by atoms with Gasteiger partial charge >= 0.3 is 0 Å². The molecule has 0 aromatic heterocycles. The van der Waals surface area contributed by atoms with Crippen molar-refractivity contribution < 1.29 is 4.39 Å². The number of benzene rings is 1. The minimum Gasteiger partial charge on any atom is -0.206 e. The molecule has 0 saturated heterocycles. The highest BCUT2D eigenvalue weighted by Gasteiger charge is 1.97. The van der Waals surface area contributed by atoms with Crippen molar-refractivity contribution >= 4 is 22.0 Å². The quantitative estimate of drug-likeness (QED) is 0.775. The molecule has 0 saturated carbocycles. The molecule has 0 fully saturated rings. The Morgan fingerprint density at radius 3 is 2.92 bits per heavy atom. The van der Waals surface area contributed by atoms with Gasteiger partial charge in [-0.15, -0.1) is 0 Å². The molecule has 3 heteroatoms. The Kier molecular flexibility index (Phi) is 3.66. The topological polar surface area (TPSA) is 23.8 Å². The number of allylic oxidation sites excluding steroid dienone is 1. The van der Waals surface area contributed by atoms with Crippen LogP contribution in [0.15, 0.2) is 28.7 Å². The molecule has 1 aromatic rings. The van der Waals surface area contributed by atoms with Gasteiger partial charge in [0.15, 0.2) is 0 Å². The van der Waals surface area contributed by atoms with Crippen molar-refractivity contribution in [3.8, 4) is 6.07 Å². The van der Waals surface area contributed by atoms with Crippen LogP contribution in [0, 0.1) is 17.1 Å². The van der Waals surface area contributed by atoms with E-state index in [4.69, 9.17) is 5.26 Å². The first-order valence-corrected chi connectivity index (χ1v) is 4.52. The number of nitriles is 1. The summed E-state index contributed by atoms with van der Waals surface area (Å²) in [5.74, 6) is -0.288. The summed E-state index contributed by atoms with van der Waals surface area (Å²) in [4.78, 5) is 0. The van der Waals surface area contributed by atoms with Gasteiger partial charge in [0.2, 0.25) is 0 Å². The van der Waals surface area contributed by atoms with Crippen molar-refractivity contribution in [1.29, 1.82) is 5.26 Å². The third-order valence-electron chi connectivity index (χ3n) is 1.47. The van der Waals surface area contributed by atoms with Crippen LogP contribution < -0.4 is 0 Å². The Morgan fingerprint density at radius 1 is 1.54 bits per heavy atom. The Bertz CT molecular complexity index is 366. The Hall–Kier alpha value is -1.14. The third kappa shape index (κ3) is 3.00. The lowest BCUT2D eigenvalue weighted by Gasteiger charge is -1.96. The molecule has 0 aliphatic heterocycles. The maximum absolute atomic E-state index is 13.1. The molecule has 0 spiro atoms. The molecule has 66 valence electrons. The smallest absolute Gasteiger partial charge is 0.131 e. The van der Waals surface area contributed by atoms with Crippen molar-refractivity contribution in [2.75, 3.05) is 0 Å². The molecule has 0 amide bonds. The second-order valence-corrected chi connectivity index (χ2v) is 3.35. The maximum atomic E-state index is 13.1. The van der Waals surface area contributed by atoms with Crippen LogP contribution in [0.1, 0.15) is 12.0 Å². The number of nitrogens with zero attached hydrogens (tertiary/aromatic N) is 1. The standard InChI is InChI=1S/C10H7BrFN/c11-9-5-4-8(10(12)7-9)3-1-2-6-13/h1,3-5,7H,2H2. The van der Waals surface area contributed by atoms with Crippen molar-refractivity contribution in [2.45, 2.75) is 6.42 Å². The van der Waals surface area contributed by atoms with E-state index >= 15 is 0 Å². The van der Waals surface area contributed by atoms with Crippen molar-refractivity contribution in [2.24, 2.45) is 0 Å². The Labute approximate surface area is 84.6 Å². The Balaban J connectivity index is 2.85. The molecule has 0 N–H and O–H groups in total. The molecular weight excluding hydrogens is 233 g/mol. The van der Waals surface area contributed by atoms with Crippen LogP contribution in [0.2, 0.25) is 0 Å². The summed E-state index contributed by atoms with van der Waals surface area (Å²) in [6.45, 7) is 0. The summed E-state index contributed by atoms with van der Waals surface area (Å²) in [5, 5.41) is 8.26. The lowest BCUT2D eigenvalue weighted by atomic mass is 10.2. The molecule has 0 atom stereocenters. The van der Waals surface area contributed by atoms with Crippen LogP contribution >= 0.6 is 15.9 Å². The lowest BCUT2D eigenvalue weighted by molar-refractivity contribution is 0.624. The van der Waals surface area contributed by atoms with E-state index in [1.807, 2.05) is 6.07 Å². The van der Waals surface area contributed by atoms with Crippen LogP contribution in [0.25, 0.3) is 6.08 Å². The first kappa shape index (κ1) is 9.94. The fourth-order valence-corrected chi connectivity index (χ4v) is 1.21. The highest BCUT2D eigenvalue weighted by molar-refractivity contribution is 9.10. The highest BCUT2D eigenvalue weighted by Crippen LogP contribution is 2.16. The second kappa shape index (κ2) is 4.78. The van der Waals surface area contributed by atoms with Gasteiger partial charge in [-0.2, -0.15) is 5.26 Å². The van der Waals surface area contributed by atoms with E-state index in [9.17, 15) is 4.39 Å². The molecule has 1 rings (SSSR count). The van der Waals surface area contributed by atoms with E-state index in [2.05, 4.69) is 15.9 Å². The number of halogens is 2. The molecule has 0 aliphatic carbocycles. The van der Waals surface area contributed by atoms with Gasteiger partial charge in [0, 0.05) is 10.0 Å². The summed E-state index contributed by atoms with van der Waals surface area (Å²) in [6.07, 6.45) is 3.53. The SMILES string of the molecule is N#CCC=Cc1ccc(Br)cc1F. The van der Waals surface area contributed by atoms with Crippen molar-refractivity contribution in [3.63, 3.8) is 0 Å². The van der Waals surface area contributed by atoms with Crippen LogP contribution in [0.5, 0.6) is 0 Å². The van der Waals surface area contributed by atoms with Gasteiger partial charge < -0.3 is 0 Å². The number of hydrogen-bond donors (Lipinski definition) is 0.